The van der Waals surface area contributed by atoms with Crippen molar-refractivity contribution in [3.8, 4) is 0 Å². The highest BCUT2D eigenvalue weighted by Gasteiger charge is 2.35. The predicted octanol–water partition coefficient (Wildman–Crippen LogP) is 6.52. The third-order valence-electron chi connectivity index (χ3n) is 6.02. The van der Waals surface area contributed by atoms with E-state index in [-0.39, 0.29) is 23.2 Å². The van der Waals surface area contributed by atoms with E-state index >= 15 is 0 Å². The second-order valence-electron chi connectivity index (χ2n) is 8.66. The third-order valence-corrected chi connectivity index (χ3v) is 7.18. The second kappa shape index (κ2) is 7.88. The molecule has 4 nitrogen and oxygen atoms in total. The van der Waals surface area contributed by atoms with Crippen LogP contribution in [0.5, 0.6) is 0 Å². The highest BCUT2D eigenvalue weighted by atomic mass is 35.5. The van der Waals surface area contributed by atoms with E-state index in [1.54, 1.807) is 12.1 Å². The lowest BCUT2D eigenvalue weighted by Gasteiger charge is -2.41. The number of fused-ring (bicyclic) bond motifs is 1. The number of hydrogen-bond acceptors (Lipinski definition) is 4. The van der Waals surface area contributed by atoms with Crippen LogP contribution in [0.25, 0.3) is 11.6 Å². The molecule has 0 aliphatic carbocycles. The summed E-state index contributed by atoms with van der Waals surface area (Å²) in [5, 5.41) is 0.374. The molecule has 0 spiro atoms. The molecule has 2 amide bonds. The van der Waals surface area contributed by atoms with Crippen LogP contribution in [0.4, 0.5) is 10.5 Å². The zero-order valence-electron chi connectivity index (χ0n) is 18.3. The molecule has 0 bridgehead atoms. The molecule has 2 heterocycles. The lowest BCUT2D eigenvalue weighted by molar-refractivity contribution is -0.123. The summed E-state index contributed by atoms with van der Waals surface area (Å²) in [4.78, 5) is 29.5. The molecule has 0 aromatic heterocycles. The number of imide groups is 1. The molecule has 0 N–H and O–H groups in total. The van der Waals surface area contributed by atoms with Gasteiger partial charge in [0.2, 0.25) is 0 Å². The first-order chi connectivity index (χ1) is 14.6. The van der Waals surface area contributed by atoms with Crippen molar-refractivity contribution in [2.75, 3.05) is 11.9 Å². The third kappa shape index (κ3) is 4.04. The van der Waals surface area contributed by atoms with Crippen LogP contribution in [0.15, 0.2) is 47.4 Å². The van der Waals surface area contributed by atoms with Crippen LogP contribution in [0.3, 0.4) is 0 Å². The smallest absolute Gasteiger partial charge is 0.293 e. The van der Waals surface area contributed by atoms with E-state index in [1.807, 2.05) is 25.1 Å². The largest absolute Gasteiger partial charge is 0.365 e. The molecule has 2 aliphatic rings. The van der Waals surface area contributed by atoms with Gasteiger partial charge in [-0.15, -0.1) is 0 Å². The number of carbonyl (C=O) groups is 2. The Morgan fingerprint density at radius 1 is 1.10 bits per heavy atom. The van der Waals surface area contributed by atoms with Gasteiger partial charge in [0.25, 0.3) is 11.1 Å². The highest BCUT2D eigenvalue weighted by Crippen LogP contribution is 2.40. The number of aryl methyl sites for hydroxylation is 1. The first kappa shape index (κ1) is 21.7. The molecule has 2 aliphatic heterocycles. The quantitative estimate of drug-likeness (QED) is 0.497. The van der Waals surface area contributed by atoms with Gasteiger partial charge in [-0.3, -0.25) is 14.5 Å². The number of allylic oxidation sites excluding steroid dienone is 1. The Bertz CT molecular complexity index is 1150. The summed E-state index contributed by atoms with van der Waals surface area (Å²) in [5.74, 6) is -0.257. The zero-order valence-corrected chi connectivity index (χ0v) is 19.9. The summed E-state index contributed by atoms with van der Waals surface area (Å²) >= 11 is 6.93. The van der Waals surface area contributed by atoms with E-state index < -0.39 is 0 Å². The van der Waals surface area contributed by atoms with Crippen LogP contribution in [0.1, 0.15) is 43.0 Å². The van der Waals surface area contributed by atoms with E-state index in [0.717, 1.165) is 34.0 Å². The summed E-state index contributed by atoms with van der Waals surface area (Å²) in [6.45, 7) is 8.79. The van der Waals surface area contributed by atoms with Gasteiger partial charge in [0.05, 0.1) is 17.0 Å². The number of halogens is 1. The van der Waals surface area contributed by atoms with Gasteiger partial charge in [-0.05, 0) is 92.1 Å². The van der Waals surface area contributed by atoms with Crippen LogP contribution in [-0.4, -0.2) is 28.6 Å². The van der Waals surface area contributed by atoms with E-state index in [2.05, 4.69) is 50.9 Å². The first-order valence-electron chi connectivity index (χ1n) is 10.1. The number of anilines is 1. The number of amides is 2. The lowest BCUT2D eigenvalue weighted by atomic mass is 9.87. The second-order valence-corrected chi connectivity index (χ2v) is 10.1. The number of hydrogen-bond donors (Lipinski definition) is 0. The molecule has 160 valence electrons. The fraction of sp³-hybridized carbons (Fsp3) is 0.280. The number of rotatable bonds is 3. The van der Waals surface area contributed by atoms with Crippen molar-refractivity contribution in [2.45, 2.75) is 39.8 Å². The van der Waals surface area contributed by atoms with Gasteiger partial charge >= 0.3 is 0 Å². The molecule has 2 aromatic carbocycles. The molecule has 6 heteroatoms. The van der Waals surface area contributed by atoms with Gasteiger partial charge in [-0.1, -0.05) is 29.8 Å². The Hall–Kier alpha value is -2.50. The number of benzene rings is 2. The number of nitrogens with zero attached hydrogens (tertiary/aromatic N) is 2. The lowest BCUT2D eigenvalue weighted by Crippen LogP contribution is -2.42. The van der Waals surface area contributed by atoms with Gasteiger partial charge in [0.1, 0.15) is 0 Å². The van der Waals surface area contributed by atoms with Crippen molar-refractivity contribution in [1.29, 1.82) is 0 Å². The minimum atomic E-state index is -0.257. The number of thioether (sulfide) groups is 1. The molecule has 1 fully saturated rings. The topological polar surface area (TPSA) is 40.6 Å². The molecule has 0 saturated carbocycles. The number of likely N-dealkylation sites (N-methyl/N-ethyl adjacent to an activating group) is 1. The van der Waals surface area contributed by atoms with Crippen molar-refractivity contribution >= 4 is 51.8 Å². The van der Waals surface area contributed by atoms with Gasteiger partial charge < -0.3 is 4.90 Å². The van der Waals surface area contributed by atoms with Crippen LogP contribution in [-0.2, 0) is 11.3 Å². The van der Waals surface area contributed by atoms with Crippen molar-refractivity contribution in [2.24, 2.45) is 0 Å². The van der Waals surface area contributed by atoms with Gasteiger partial charge in [-0.25, -0.2) is 0 Å². The summed E-state index contributed by atoms with van der Waals surface area (Å²) < 4.78 is 0. The zero-order chi connectivity index (χ0) is 22.5. The Balaban J connectivity index is 1.65. The molecule has 31 heavy (non-hydrogen) atoms. The first-order valence-corrected chi connectivity index (χ1v) is 11.3. The Morgan fingerprint density at radius 3 is 2.45 bits per heavy atom. The van der Waals surface area contributed by atoms with E-state index in [4.69, 9.17) is 11.6 Å². The van der Waals surface area contributed by atoms with Crippen molar-refractivity contribution in [3.05, 3.63) is 74.7 Å². The predicted molar refractivity (Wildman–Crippen MR) is 130 cm³/mol. The van der Waals surface area contributed by atoms with Crippen molar-refractivity contribution in [3.63, 3.8) is 0 Å². The van der Waals surface area contributed by atoms with Crippen LogP contribution in [0, 0.1) is 6.92 Å². The molecular weight excluding hydrogens is 428 g/mol. The summed E-state index contributed by atoms with van der Waals surface area (Å²) in [7, 11) is 2.10. The Morgan fingerprint density at radius 2 is 1.77 bits per heavy atom. The number of carbonyl (C=O) groups excluding carboxylic acids is 2. The summed E-state index contributed by atoms with van der Waals surface area (Å²) in [5.41, 5.74) is 6.37. The normalized spacial score (nSPS) is 19.2. The summed E-state index contributed by atoms with van der Waals surface area (Å²) in [6.07, 6.45) is 4.10. The molecule has 0 unspecified atom stereocenters. The molecule has 0 radical (unpaired) electrons. The van der Waals surface area contributed by atoms with Crippen LogP contribution >= 0.6 is 23.4 Å². The van der Waals surface area contributed by atoms with Crippen molar-refractivity contribution in [1.82, 2.24) is 4.90 Å². The minimum absolute atomic E-state index is 0.0602. The molecule has 2 aromatic rings. The van der Waals surface area contributed by atoms with E-state index in [9.17, 15) is 9.59 Å². The minimum Gasteiger partial charge on any atom is -0.365 e. The molecule has 4 rings (SSSR count). The molecular formula is C25H25ClN2O2S. The SMILES string of the molecule is CC1=CC(C)(C)N(C)c2cc(C)c(/C=C3/SC(=O)N(Cc4ccc(Cl)cc4)C3=O)cc21. The van der Waals surface area contributed by atoms with E-state index in [0.29, 0.717) is 9.93 Å². The molecule has 0 atom stereocenters. The maximum atomic E-state index is 13.0. The maximum absolute atomic E-state index is 13.0. The van der Waals surface area contributed by atoms with Crippen molar-refractivity contribution < 1.29 is 9.59 Å². The highest BCUT2D eigenvalue weighted by molar-refractivity contribution is 8.18. The monoisotopic (exact) mass is 452 g/mol. The fourth-order valence-corrected chi connectivity index (χ4v) is 4.98. The van der Waals surface area contributed by atoms with E-state index in [1.165, 1.54) is 16.2 Å². The van der Waals surface area contributed by atoms with Gasteiger partial charge in [-0.2, -0.15) is 0 Å². The average molecular weight is 453 g/mol. The maximum Gasteiger partial charge on any atom is 0.293 e. The molecule has 1 saturated heterocycles. The Kier molecular flexibility index (Phi) is 5.52. The van der Waals surface area contributed by atoms with Crippen LogP contribution in [0.2, 0.25) is 5.02 Å². The average Bonchev–Trinajstić information content (AvgIpc) is 2.96. The standard InChI is InChI=1S/C25H25ClN2O2S/c1-15-10-21-20(16(2)13-25(3,4)27(21)5)11-18(15)12-22-23(29)28(24(30)31-22)14-17-6-8-19(26)9-7-17/h6-13H,14H2,1-5H3/b22-12+. The summed E-state index contributed by atoms with van der Waals surface area (Å²) in [6, 6.07) is 11.5. The Labute approximate surface area is 192 Å². The van der Waals surface area contributed by atoms with Crippen LogP contribution < -0.4 is 4.90 Å². The van der Waals surface area contributed by atoms with Gasteiger partial charge in [0, 0.05) is 23.3 Å². The van der Waals surface area contributed by atoms with Gasteiger partial charge in [0.15, 0.2) is 0 Å². The fourth-order valence-electron chi connectivity index (χ4n) is 4.02.